The second-order valence-corrected chi connectivity index (χ2v) is 18.0. The van der Waals surface area contributed by atoms with Crippen LogP contribution in [-0.4, -0.2) is 101 Å². The normalized spacial score (nSPS) is 24.1. The number of fused-ring (bicyclic) bond motifs is 1. The molecule has 15 nitrogen and oxygen atoms in total. The van der Waals surface area contributed by atoms with Crippen LogP contribution in [0.2, 0.25) is 5.02 Å². The van der Waals surface area contributed by atoms with E-state index in [0.717, 1.165) is 49.7 Å². The van der Waals surface area contributed by atoms with E-state index in [1.807, 2.05) is 38.7 Å². The lowest BCUT2D eigenvalue weighted by atomic mass is 9.49. The van der Waals surface area contributed by atoms with Gasteiger partial charge in [-0.15, -0.1) is 10.2 Å². The van der Waals surface area contributed by atoms with Gasteiger partial charge in [-0.1, -0.05) is 39.3 Å². The van der Waals surface area contributed by atoms with E-state index in [1.54, 1.807) is 24.3 Å². The van der Waals surface area contributed by atoms with Gasteiger partial charge in [-0.2, -0.15) is 5.26 Å². The number of aromatic nitrogens is 2. The maximum absolute atomic E-state index is 15.4. The number of carbonyl (C=O) groups is 5. The number of amides is 5. The van der Waals surface area contributed by atoms with Gasteiger partial charge in [0.25, 0.3) is 17.7 Å². The molecule has 17 heteroatoms. The van der Waals surface area contributed by atoms with Crippen LogP contribution in [0, 0.1) is 28.0 Å². The quantitative estimate of drug-likeness (QED) is 0.259. The van der Waals surface area contributed by atoms with Crippen LogP contribution in [0.15, 0.2) is 42.5 Å². The minimum absolute atomic E-state index is 0.00857. The third-order valence-corrected chi connectivity index (χ3v) is 13.3. The molecule has 5 amide bonds. The number of nitrogens with one attached hydrogen (secondary N) is 3. The summed E-state index contributed by atoms with van der Waals surface area (Å²) in [5, 5.41) is 27.4. The zero-order chi connectivity index (χ0) is 42.7. The molecule has 1 unspecified atom stereocenters. The fraction of sp³-hybridized carbons (Fsp3) is 0.488. The number of hydrogen-bond acceptors (Lipinski definition) is 12. The van der Waals surface area contributed by atoms with Crippen molar-refractivity contribution in [3.05, 3.63) is 75.7 Å². The molecule has 3 saturated heterocycles. The molecule has 4 aliphatic heterocycles. The number of nitrogens with zero attached hydrogens (tertiary/aromatic N) is 6. The Hall–Kier alpha value is -5.66. The van der Waals surface area contributed by atoms with E-state index in [1.165, 1.54) is 6.07 Å². The summed E-state index contributed by atoms with van der Waals surface area (Å²) in [5.41, 5.74) is -0.00135. The van der Waals surface area contributed by atoms with Gasteiger partial charge in [-0.3, -0.25) is 34.2 Å². The Morgan fingerprint density at radius 2 is 1.52 bits per heavy atom. The van der Waals surface area contributed by atoms with Crippen LogP contribution in [0.1, 0.15) is 103 Å². The summed E-state index contributed by atoms with van der Waals surface area (Å²) in [6.07, 6.45) is 3.09. The molecule has 1 atom stereocenters. The zero-order valence-corrected chi connectivity index (χ0v) is 34.6. The van der Waals surface area contributed by atoms with Crippen LogP contribution in [0.25, 0.3) is 0 Å². The zero-order valence-electron chi connectivity index (χ0n) is 33.9. The van der Waals surface area contributed by atoms with E-state index in [9.17, 15) is 29.2 Å². The molecule has 8 rings (SSSR count). The summed E-state index contributed by atoms with van der Waals surface area (Å²) in [5.74, 6) is -2.21. The van der Waals surface area contributed by atoms with Gasteiger partial charge in [0.2, 0.25) is 11.8 Å². The van der Waals surface area contributed by atoms with Crippen LogP contribution in [0.4, 0.5) is 15.9 Å². The van der Waals surface area contributed by atoms with Crippen molar-refractivity contribution in [2.75, 3.05) is 36.0 Å². The van der Waals surface area contributed by atoms with Gasteiger partial charge in [0.05, 0.1) is 27.4 Å². The van der Waals surface area contributed by atoms with Crippen molar-refractivity contribution in [2.45, 2.75) is 96.5 Å². The number of anilines is 2. The highest BCUT2D eigenvalue weighted by Gasteiger charge is 2.64. The van der Waals surface area contributed by atoms with E-state index in [-0.39, 0.29) is 65.5 Å². The lowest BCUT2D eigenvalue weighted by Gasteiger charge is -2.63. The molecular formula is C43H47ClFN9O6. The number of halogens is 2. The monoisotopic (exact) mass is 839 g/mol. The van der Waals surface area contributed by atoms with Crippen molar-refractivity contribution < 1.29 is 33.1 Å². The first-order valence-corrected chi connectivity index (χ1v) is 20.8. The van der Waals surface area contributed by atoms with Gasteiger partial charge in [0.1, 0.15) is 29.8 Å². The van der Waals surface area contributed by atoms with Crippen molar-refractivity contribution >= 4 is 52.6 Å². The van der Waals surface area contributed by atoms with Crippen molar-refractivity contribution in [1.82, 2.24) is 31.0 Å². The molecule has 0 bridgehead atoms. The van der Waals surface area contributed by atoms with Crippen LogP contribution in [0.3, 0.4) is 0 Å². The Kier molecular flexibility index (Phi) is 10.8. The topological polar surface area (TPSA) is 190 Å². The van der Waals surface area contributed by atoms with Gasteiger partial charge in [-0.25, -0.2) is 4.39 Å². The molecule has 4 fully saturated rings. The fourth-order valence-corrected chi connectivity index (χ4v) is 10.2. The highest BCUT2D eigenvalue weighted by Crippen LogP contribution is 2.55. The van der Waals surface area contributed by atoms with Gasteiger partial charge in [0, 0.05) is 67.6 Å². The van der Waals surface area contributed by atoms with Gasteiger partial charge >= 0.3 is 0 Å². The second-order valence-electron chi connectivity index (χ2n) is 17.6. The smallest absolute Gasteiger partial charge is 0.272 e. The van der Waals surface area contributed by atoms with Crippen molar-refractivity contribution in [2.24, 2.45) is 10.8 Å². The second kappa shape index (κ2) is 15.7. The Balaban J connectivity index is 0.800. The summed E-state index contributed by atoms with van der Waals surface area (Å²) in [7, 11) is 0. The maximum Gasteiger partial charge on any atom is 0.272 e. The molecular weight excluding hydrogens is 793 g/mol. The lowest BCUT2D eigenvalue weighted by molar-refractivity contribution is -0.164. The van der Waals surface area contributed by atoms with Crippen molar-refractivity contribution in [1.29, 1.82) is 5.26 Å². The number of ether oxygens (including phenoxy) is 1. The Morgan fingerprint density at radius 3 is 2.10 bits per heavy atom. The SMILES string of the molecule is CC1(C)[C@H](NC(=O)c2ccc(N3CCC(NC4CCN(c5cc6c(cc5F)C(=O)N(C5CCC(=O)NC5=O)C6=O)CC4)CC3)nn2)C(C)(C)[C@H]1Oc1ccc(C#N)c(Cl)c1. The van der Waals surface area contributed by atoms with E-state index in [0.29, 0.717) is 35.2 Å². The summed E-state index contributed by atoms with van der Waals surface area (Å²) in [6.45, 7) is 10.8. The molecule has 5 aliphatic rings. The van der Waals surface area contributed by atoms with E-state index in [4.69, 9.17) is 16.3 Å². The first kappa shape index (κ1) is 41.1. The highest BCUT2D eigenvalue weighted by molar-refractivity contribution is 6.31. The van der Waals surface area contributed by atoms with Crippen LogP contribution >= 0.6 is 11.6 Å². The Labute approximate surface area is 351 Å². The Bertz CT molecular complexity index is 2280. The molecule has 3 aromatic rings. The molecule has 60 heavy (non-hydrogen) atoms. The molecule has 0 radical (unpaired) electrons. The molecule has 2 aromatic carbocycles. The molecule has 5 heterocycles. The van der Waals surface area contributed by atoms with Gasteiger partial charge in [-0.05, 0) is 68.5 Å². The maximum atomic E-state index is 15.4. The first-order valence-electron chi connectivity index (χ1n) is 20.4. The molecule has 314 valence electrons. The largest absolute Gasteiger partial charge is 0.489 e. The predicted octanol–water partition coefficient (Wildman–Crippen LogP) is 4.38. The van der Waals surface area contributed by atoms with E-state index in [2.05, 4.69) is 37.1 Å². The predicted molar refractivity (Wildman–Crippen MR) is 218 cm³/mol. The average Bonchev–Trinajstić information content (AvgIpc) is 3.46. The van der Waals surface area contributed by atoms with Crippen LogP contribution < -0.4 is 30.5 Å². The van der Waals surface area contributed by atoms with E-state index >= 15 is 4.39 Å². The van der Waals surface area contributed by atoms with Crippen molar-refractivity contribution in [3.8, 4) is 11.8 Å². The number of nitriles is 1. The molecule has 0 spiro atoms. The minimum Gasteiger partial charge on any atom is -0.489 e. The number of imide groups is 2. The summed E-state index contributed by atoms with van der Waals surface area (Å²) < 4.78 is 21.8. The number of carbonyl (C=O) groups excluding carboxylic acids is 5. The summed E-state index contributed by atoms with van der Waals surface area (Å²) in [4.78, 5) is 68.8. The number of piperidine rings is 3. The standard InChI is InChI=1S/C43H47ClFN9O6/c1-42(2)40(43(3,4)41(42)60-26-6-5-23(22-46)29(44)19-26)49-36(56)31-7-9-34(51-50-31)53-17-13-25(14-18-53)47-24-11-15-52(16-12-24)33-21-28-27(20-30(33)45)38(58)54(39(28)59)32-8-10-35(55)48-37(32)57/h5-7,9,19-21,24-25,32,40-41,47H,8,10-18H2,1-4H3,(H,49,56)(H,48,55,57)/t32?,40-,41-. The van der Waals surface area contributed by atoms with E-state index < -0.39 is 46.3 Å². The average molecular weight is 840 g/mol. The molecule has 1 aromatic heterocycles. The van der Waals surface area contributed by atoms with Gasteiger partial charge < -0.3 is 25.2 Å². The van der Waals surface area contributed by atoms with Crippen LogP contribution in [-0.2, 0) is 9.59 Å². The minimum atomic E-state index is -1.11. The third-order valence-electron chi connectivity index (χ3n) is 12.9. The number of benzene rings is 2. The first-order chi connectivity index (χ1) is 28.6. The Morgan fingerprint density at radius 1 is 0.883 bits per heavy atom. The number of rotatable bonds is 9. The molecule has 1 saturated carbocycles. The fourth-order valence-electron chi connectivity index (χ4n) is 10.0. The molecule has 3 N–H and O–H groups in total. The molecule has 1 aliphatic carbocycles. The third kappa shape index (κ3) is 7.42. The highest BCUT2D eigenvalue weighted by atomic mass is 35.5. The lowest BCUT2D eigenvalue weighted by Crippen LogP contribution is -2.74. The summed E-state index contributed by atoms with van der Waals surface area (Å²) in [6, 6.07) is 12.3. The summed E-state index contributed by atoms with van der Waals surface area (Å²) >= 11 is 6.23. The van der Waals surface area contributed by atoms with Crippen LogP contribution in [0.5, 0.6) is 5.75 Å². The number of hydrogen-bond donors (Lipinski definition) is 3. The van der Waals surface area contributed by atoms with Gasteiger partial charge in [0.15, 0.2) is 11.5 Å². The van der Waals surface area contributed by atoms with Crippen molar-refractivity contribution in [3.63, 3.8) is 0 Å².